The molecule has 0 spiro atoms. The molecule has 0 bridgehead atoms. The van der Waals surface area contributed by atoms with Crippen LogP contribution in [0.25, 0.3) is 0 Å². The van der Waals surface area contributed by atoms with Gasteiger partial charge in [0.25, 0.3) is 0 Å². The van der Waals surface area contributed by atoms with Crippen LogP contribution >= 0.6 is 0 Å². The van der Waals surface area contributed by atoms with Crippen LogP contribution in [0.2, 0.25) is 0 Å². The van der Waals surface area contributed by atoms with Crippen LogP contribution in [0.3, 0.4) is 0 Å². The first-order chi connectivity index (χ1) is 9.21. The first kappa shape index (κ1) is 13.2. The number of nitrogens with zero attached hydrogens (tertiary/aromatic N) is 2. The van der Waals surface area contributed by atoms with Crippen LogP contribution in [-0.4, -0.2) is 23.4 Å². The maximum atomic E-state index is 4.86. The Morgan fingerprint density at radius 1 is 1.32 bits per heavy atom. The maximum Gasteiger partial charge on any atom is 0.0630 e. The van der Waals surface area contributed by atoms with Crippen LogP contribution in [0, 0.1) is 11.3 Å². The van der Waals surface area contributed by atoms with Crippen molar-refractivity contribution in [2.45, 2.75) is 57.9 Å². The van der Waals surface area contributed by atoms with Gasteiger partial charge in [-0.2, -0.15) is 5.10 Å². The van der Waals surface area contributed by atoms with Crippen molar-refractivity contribution in [2.75, 3.05) is 13.6 Å². The normalized spacial score (nSPS) is 23.7. The maximum absolute atomic E-state index is 4.86. The van der Waals surface area contributed by atoms with Gasteiger partial charge in [0.05, 0.1) is 11.7 Å². The van der Waals surface area contributed by atoms with Gasteiger partial charge in [0.2, 0.25) is 0 Å². The zero-order valence-corrected chi connectivity index (χ0v) is 12.4. The van der Waals surface area contributed by atoms with E-state index in [1.165, 1.54) is 44.2 Å². The summed E-state index contributed by atoms with van der Waals surface area (Å²) in [6.45, 7) is 3.53. The molecular formula is C16H27N3. The molecule has 1 atom stereocenters. The molecular weight excluding hydrogens is 234 g/mol. The zero-order valence-electron chi connectivity index (χ0n) is 12.4. The molecule has 3 rings (SSSR count). The van der Waals surface area contributed by atoms with E-state index < -0.39 is 0 Å². The van der Waals surface area contributed by atoms with Gasteiger partial charge in [-0.3, -0.25) is 4.68 Å². The van der Waals surface area contributed by atoms with Gasteiger partial charge in [-0.1, -0.05) is 19.8 Å². The molecule has 0 radical (unpaired) electrons. The number of aromatic nitrogens is 2. The molecule has 2 fully saturated rings. The van der Waals surface area contributed by atoms with E-state index in [0.717, 1.165) is 18.9 Å². The topological polar surface area (TPSA) is 29.9 Å². The first-order valence-electron chi connectivity index (χ1n) is 7.90. The molecule has 1 aromatic heterocycles. The second-order valence-corrected chi connectivity index (χ2v) is 6.86. The molecule has 2 aliphatic rings. The summed E-state index contributed by atoms with van der Waals surface area (Å²) in [6, 6.07) is 2.92. The summed E-state index contributed by atoms with van der Waals surface area (Å²) in [4.78, 5) is 0. The van der Waals surface area contributed by atoms with Crippen molar-refractivity contribution in [3.8, 4) is 0 Å². The zero-order chi connectivity index (χ0) is 13.3. The second kappa shape index (κ2) is 5.28. The van der Waals surface area contributed by atoms with E-state index in [2.05, 4.69) is 36.2 Å². The van der Waals surface area contributed by atoms with E-state index >= 15 is 0 Å². The lowest BCUT2D eigenvalue weighted by molar-refractivity contribution is 0.259. The fourth-order valence-electron chi connectivity index (χ4n) is 3.79. The Bertz CT molecular complexity index is 415. The third-order valence-corrected chi connectivity index (χ3v) is 5.09. The number of rotatable bonds is 6. The molecule has 1 heterocycles. The van der Waals surface area contributed by atoms with Gasteiger partial charge in [-0.25, -0.2) is 0 Å². The predicted molar refractivity (Wildman–Crippen MR) is 78.2 cm³/mol. The second-order valence-electron chi connectivity index (χ2n) is 6.86. The minimum atomic E-state index is 0.392. The Kier molecular flexibility index (Phi) is 3.66. The average molecular weight is 261 g/mol. The molecule has 19 heavy (non-hydrogen) atoms. The highest BCUT2D eigenvalue weighted by Crippen LogP contribution is 2.46. The van der Waals surface area contributed by atoms with Crippen molar-refractivity contribution < 1.29 is 0 Å². The lowest BCUT2D eigenvalue weighted by Gasteiger charge is -2.28. The molecule has 0 aliphatic heterocycles. The number of nitrogens with one attached hydrogen (secondary N) is 1. The van der Waals surface area contributed by atoms with Crippen molar-refractivity contribution >= 4 is 0 Å². The summed E-state index contributed by atoms with van der Waals surface area (Å²) < 4.78 is 2.23. The standard InChI is InChI=1S/C16H27N3/c1-16(12-17-2,13-7-8-13)11-14-9-10-19(18-14)15-5-3-4-6-15/h9-10,13,15,17H,3-8,11-12H2,1-2H3. The van der Waals surface area contributed by atoms with Gasteiger partial charge in [0.15, 0.2) is 0 Å². The summed E-state index contributed by atoms with van der Waals surface area (Å²) in [5.41, 5.74) is 1.68. The molecule has 3 nitrogen and oxygen atoms in total. The van der Waals surface area contributed by atoms with Crippen LogP contribution in [0.15, 0.2) is 12.3 Å². The summed E-state index contributed by atoms with van der Waals surface area (Å²) in [5.74, 6) is 0.900. The van der Waals surface area contributed by atoms with Crippen molar-refractivity contribution in [2.24, 2.45) is 11.3 Å². The fourth-order valence-corrected chi connectivity index (χ4v) is 3.79. The molecule has 106 valence electrons. The van der Waals surface area contributed by atoms with Crippen molar-refractivity contribution in [1.82, 2.24) is 15.1 Å². The van der Waals surface area contributed by atoms with Crippen LogP contribution in [0.1, 0.15) is 57.2 Å². The monoisotopic (exact) mass is 261 g/mol. The molecule has 2 aliphatic carbocycles. The van der Waals surface area contributed by atoms with E-state index in [1.54, 1.807) is 0 Å². The fraction of sp³-hybridized carbons (Fsp3) is 0.812. The van der Waals surface area contributed by atoms with Crippen LogP contribution < -0.4 is 5.32 Å². The Morgan fingerprint density at radius 3 is 2.68 bits per heavy atom. The molecule has 0 saturated heterocycles. The first-order valence-corrected chi connectivity index (χ1v) is 7.90. The van der Waals surface area contributed by atoms with Crippen molar-refractivity contribution in [3.05, 3.63) is 18.0 Å². The summed E-state index contributed by atoms with van der Waals surface area (Å²) >= 11 is 0. The van der Waals surface area contributed by atoms with E-state index in [1.807, 2.05) is 0 Å². The minimum absolute atomic E-state index is 0.392. The van der Waals surface area contributed by atoms with Gasteiger partial charge in [0.1, 0.15) is 0 Å². The quantitative estimate of drug-likeness (QED) is 0.852. The Morgan fingerprint density at radius 2 is 2.05 bits per heavy atom. The summed E-state index contributed by atoms with van der Waals surface area (Å²) in [6.07, 6.45) is 11.5. The number of hydrogen-bond acceptors (Lipinski definition) is 2. The molecule has 2 saturated carbocycles. The SMILES string of the molecule is CNCC(C)(Cc1ccn(C2CCCC2)n1)C1CC1. The molecule has 1 N–H and O–H groups in total. The Balaban J connectivity index is 1.68. The van der Waals surface area contributed by atoms with E-state index in [9.17, 15) is 0 Å². The van der Waals surface area contributed by atoms with Crippen LogP contribution in [0.5, 0.6) is 0 Å². The third kappa shape index (κ3) is 2.86. The van der Waals surface area contributed by atoms with Crippen LogP contribution in [-0.2, 0) is 6.42 Å². The van der Waals surface area contributed by atoms with Gasteiger partial charge >= 0.3 is 0 Å². The van der Waals surface area contributed by atoms with E-state index in [4.69, 9.17) is 5.10 Å². The van der Waals surface area contributed by atoms with Crippen molar-refractivity contribution in [3.63, 3.8) is 0 Å². The molecule has 3 heteroatoms. The molecule has 1 aromatic rings. The van der Waals surface area contributed by atoms with Gasteiger partial charge in [-0.15, -0.1) is 0 Å². The highest BCUT2D eigenvalue weighted by atomic mass is 15.3. The minimum Gasteiger partial charge on any atom is -0.319 e. The van der Waals surface area contributed by atoms with E-state index in [-0.39, 0.29) is 0 Å². The highest BCUT2D eigenvalue weighted by Gasteiger charge is 2.41. The highest BCUT2D eigenvalue weighted by molar-refractivity contribution is 5.07. The smallest absolute Gasteiger partial charge is 0.0630 e. The molecule has 0 aromatic carbocycles. The van der Waals surface area contributed by atoms with E-state index in [0.29, 0.717) is 11.5 Å². The lowest BCUT2D eigenvalue weighted by Crippen LogP contribution is -2.34. The number of hydrogen-bond donors (Lipinski definition) is 1. The summed E-state index contributed by atoms with van der Waals surface area (Å²) in [7, 11) is 2.07. The molecule has 0 amide bonds. The Hall–Kier alpha value is -0.830. The van der Waals surface area contributed by atoms with Gasteiger partial charge in [0, 0.05) is 12.7 Å². The van der Waals surface area contributed by atoms with Gasteiger partial charge in [-0.05, 0) is 56.6 Å². The summed E-state index contributed by atoms with van der Waals surface area (Å²) in [5, 5.41) is 8.24. The van der Waals surface area contributed by atoms with Gasteiger partial charge < -0.3 is 5.32 Å². The average Bonchev–Trinajstić information content (AvgIpc) is 2.93. The van der Waals surface area contributed by atoms with Crippen molar-refractivity contribution in [1.29, 1.82) is 0 Å². The lowest BCUT2D eigenvalue weighted by atomic mass is 9.80. The van der Waals surface area contributed by atoms with Crippen LogP contribution in [0.4, 0.5) is 0 Å². The Labute approximate surface area is 116 Å². The predicted octanol–water partition coefficient (Wildman–Crippen LogP) is 3.18. The molecule has 1 unspecified atom stereocenters. The largest absolute Gasteiger partial charge is 0.319 e. The third-order valence-electron chi connectivity index (χ3n) is 5.09.